The molecule has 4 heteroatoms. The highest BCUT2D eigenvalue weighted by atomic mass is 16.4. The van der Waals surface area contributed by atoms with Crippen LogP contribution in [0.3, 0.4) is 0 Å². The lowest BCUT2D eigenvalue weighted by Gasteiger charge is -2.25. The lowest BCUT2D eigenvalue weighted by atomic mass is 10.1. The van der Waals surface area contributed by atoms with Crippen LogP contribution in [0.4, 0.5) is 5.69 Å². The number of pyridine rings is 1. The van der Waals surface area contributed by atoms with E-state index in [0.29, 0.717) is 6.04 Å². The molecule has 0 radical (unpaired) electrons. The monoisotopic (exact) mass is 220 g/mol. The zero-order valence-corrected chi connectivity index (χ0v) is 9.39. The molecule has 1 unspecified atom stereocenters. The van der Waals surface area contributed by atoms with Gasteiger partial charge in [0.1, 0.15) is 5.69 Å². The van der Waals surface area contributed by atoms with Crippen molar-refractivity contribution in [2.24, 2.45) is 0 Å². The number of carboxylic acids is 1. The second kappa shape index (κ2) is 4.51. The second-order valence-corrected chi connectivity index (χ2v) is 4.10. The predicted molar refractivity (Wildman–Crippen MR) is 61.9 cm³/mol. The summed E-state index contributed by atoms with van der Waals surface area (Å²) in [6.07, 6.45) is 5.22. The maximum Gasteiger partial charge on any atom is 0.354 e. The molecule has 1 atom stereocenters. The van der Waals surface area contributed by atoms with Gasteiger partial charge in [-0.15, -0.1) is 0 Å². The van der Waals surface area contributed by atoms with Gasteiger partial charge in [-0.3, -0.25) is 0 Å². The molecule has 4 nitrogen and oxygen atoms in total. The summed E-state index contributed by atoms with van der Waals surface area (Å²) in [5.74, 6) is -0.972. The van der Waals surface area contributed by atoms with Crippen LogP contribution in [0.15, 0.2) is 18.3 Å². The van der Waals surface area contributed by atoms with Gasteiger partial charge in [0.2, 0.25) is 0 Å². The van der Waals surface area contributed by atoms with Crippen molar-refractivity contribution in [2.45, 2.75) is 32.2 Å². The van der Waals surface area contributed by atoms with Crippen LogP contribution in [0.2, 0.25) is 0 Å². The van der Waals surface area contributed by atoms with Crippen LogP contribution in [-0.4, -0.2) is 28.6 Å². The van der Waals surface area contributed by atoms with Crippen molar-refractivity contribution >= 4 is 11.7 Å². The van der Waals surface area contributed by atoms with Crippen LogP contribution >= 0.6 is 0 Å². The topological polar surface area (TPSA) is 53.4 Å². The highest BCUT2D eigenvalue weighted by Crippen LogP contribution is 2.26. The molecule has 2 heterocycles. The zero-order valence-electron chi connectivity index (χ0n) is 9.39. The van der Waals surface area contributed by atoms with Crippen LogP contribution in [0.1, 0.15) is 36.7 Å². The lowest BCUT2D eigenvalue weighted by Crippen LogP contribution is -2.28. The molecule has 0 aliphatic carbocycles. The van der Waals surface area contributed by atoms with Gasteiger partial charge >= 0.3 is 5.97 Å². The minimum Gasteiger partial charge on any atom is -0.477 e. The average molecular weight is 220 g/mol. The molecule has 1 saturated heterocycles. The van der Waals surface area contributed by atoms with Crippen LogP contribution in [0.5, 0.6) is 0 Å². The zero-order chi connectivity index (χ0) is 11.5. The summed E-state index contributed by atoms with van der Waals surface area (Å²) in [7, 11) is 0. The molecule has 2 rings (SSSR count). The van der Waals surface area contributed by atoms with Gasteiger partial charge in [-0.05, 0) is 31.4 Å². The number of aromatic carboxylic acids is 1. The molecule has 1 aliphatic rings. The quantitative estimate of drug-likeness (QED) is 0.848. The Morgan fingerprint density at radius 2 is 2.44 bits per heavy atom. The normalized spacial score (nSPS) is 20.1. The summed E-state index contributed by atoms with van der Waals surface area (Å²) in [5.41, 5.74) is 1.14. The first-order valence-electron chi connectivity index (χ1n) is 5.68. The van der Waals surface area contributed by atoms with E-state index < -0.39 is 5.97 Å². The third kappa shape index (κ3) is 2.01. The Bertz CT molecular complexity index is 375. The number of anilines is 1. The highest BCUT2D eigenvalue weighted by molar-refractivity contribution is 5.85. The van der Waals surface area contributed by atoms with Crippen LogP contribution in [0.25, 0.3) is 0 Å². The highest BCUT2D eigenvalue weighted by Gasteiger charge is 2.23. The van der Waals surface area contributed by atoms with Crippen LogP contribution in [-0.2, 0) is 0 Å². The Balaban J connectivity index is 2.18. The van der Waals surface area contributed by atoms with Gasteiger partial charge in [-0.1, -0.05) is 6.92 Å². The van der Waals surface area contributed by atoms with Crippen molar-refractivity contribution in [2.75, 3.05) is 11.4 Å². The van der Waals surface area contributed by atoms with E-state index in [1.54, 1.807) is 12.3 Å². The Hall–Kier alpha value is -1.58. The van der Waals surface area contributed by atoms with Gasteiger partial charge in [-0.2, -0.15) is 0 Å². The lowest BCUT2D eigenvalue weighted by molar-refractivity contribution is 0.0690. The number of hydrogen-bond donors (Lipinski definition) is 1. The van der Waals surface area contributed by atoms with E-state index in [1.807, 2.05) is 6.07 Å². The van der Waals surface area contributed by atoms with E-state index in [2.05, 4.69) is 16.8 Å². The number of carbonyl (C=O) groups is 1. The molecule has 86 valence electrons. The van der Waals surface area contributed by atoms with Crippen molar-refractivity contribution in [3.8, 4) is 0 Å². The molecule has 1 N–H and O–H groups in total. The van der Waals surface area contributed by atoms with E-state index in [1.165, 1.54) is 12.8 Å². The number of nitrogens with zero attached hydrogens (tertiary/aromatic N) is 2. The minimum absolute atomic E-state index is 0.107. The summed E-state index contributed by atoms with van der Waals surface area (Å²) in [4.78, 5) is 16.9. The molecular formula is C12H16N2O2. The van der Waals surface area contributed by atoms with E-state index in [9.17, 15) is 4.79 Å². The fourth-order valence-corrected chi connectivity index (χ4v) is 2.28. The van der Waals surface area contributed by atoms with Gasteiger partial charge in [-0.25, -0.2) is 9.78 Å². The SMILES string of the molecule is CCC1CCCN1c1ccc(C(=O)O)nc1. The van der Waals surface area contributed by atoms with E-state index in [0.717, 1.165) is 18.7 Å². The van der Waals surface area contributed by atoms with Gasteiger partial charge in [0.15, 0.2) is 0 Å². The summed E-state index contributed by atoms with van der Waals surface area (Å²) >= 11 is 0. The average Bonchev–Trinajstić information content (AvgIpc) is 2.77. The van der Waals surface area contributed by atoms with Gasteiger partial charge in [0, 0.05) is 12.6 Å². The molecule has 0 amide bonds. The summed E-state index contributed by atoms with van der Waals surface area (Å²) < 4.78 is 0. The predicted octanol–water partition coefficient (Wildman–Crippen LogP) is 2.16. The molecular weight excluding hydrogens is 204 g/mol. The molecule has 0 aromatic carbocycles. The van der Waals surface area contributed by atoms with Gasteiger partial charge in [0.25, 0.3) is 0 Å². The van der Waals surface area contributed by atoms with Crippen molar-refractivity contribution in [1.82, 2.24) is 4.98 Å². The fraction of sp³-hybridized carbons (Fsp3) is 0.500. The smallest absolute Gasteiger partial charge is 0.354 e. The number of hydrogen-bond acceptors (Lipinski definition) is 3. The molecule has 1 fully saturated rings. The standard InChI is InChI=1S/C12H16N2O2/c1-2-9-4-3-7-14(9)10-5-6-11(12(15)16)13-8-10/h5-6,8-9H,2-4,7H2,1H3,(H,15,16). The van der Waals surface area contributed by atoms with Crippen LogP contribution < -0.4 is 4.90 Å². The van der Waals surface area contributed by atoms with E-state index >= 15 is 0 Å². The van der Waals surface area contributed by atoms with Crippen LogP contribution in [0, 0.1) is 0 Å². The van der Waals surface area contributed by atoms with Crippen molar-refractivity contribution < 1.29 is 9.90 Å². The maximum absolute atomic E-state index is 10.7. The molecule has 1 aromatic heterocycles. The van der Waals surface area contributed by atoms with Gasteiger partial charge in [0.05, 0.1) is 11.9 Å². The first-order valence-corrected chi connectivity index (χ1v) is 5.68. The summed E-state index contributed by atoms with van der Waals surface area (Å²) in [6.45, 7) is 3.23. The maximum atomic E-state index is 10.7. The fourth-order valence-electron chi connectivity index (χ4n) is 2.28. The number of aromatic nitrogens is 1. The number of rotatable bonds is 3. The largest absolute Gasteiger partial charge is 0.477 e. The van der Waals surface area contributed by atoms with Crippen molar-refractivity contribution in [1.29, 1.82) is 0 Å². The molecule has 0 bridgehead atoms. The Kier molecular flexibility index (Phi) is 3.08. The molecule has 1 aromatic rings. The van der Waals surface area contributed by atoms with Gasteiger partial charge < -0.3 is 10.0 Å². The molecule has 1 aliphatic heterocycles. The second-order valence-electron chi connectivity index (χ2n) is 4.10. The molecule has 0 saturated carbocycles. The molecule has 16 heavy (non-hydrogen) atoms. The third-order valence-corrected chi connectivity index (χ3v) is 3.15. The Labute approximate surface area is 94.9 Å². The Morgan fingerprint density at radius 3 is 3.00 bits per heavy atom. The molecule has 0 spiro atoms. The first-order chi connectivity index (χ1) is 7.72. The van der Waals surface area contributed by atoms with Crippen molar-refractivity contribution in [3.05, 3.63) is 24.0 Å². The first kappa shape index (κ1) is 10.9. The Morgan fingerprint density at radius 1 is 1.62 bits per heavy atom. The third-order valence-electron chi connectivity index (χ3n) is 3.15. The minimum atomic E-state index is -0.972. The van der Waals surface area contributed by atoms with Crippen molar-refractivity contribution in [3.63, 3.8) is 0 Å². The number of carboxylic acid groups (broad SMARTS) is 1. The van der Waals surface area contributed by atoms with E-state index in [-0.39, 0.29) is 5.69 Å². The summed E-state index contributed by atoms with van der Waals surface area (Å²) in [5, 5.41) is 8.76. The van der Waals surface area contributed by atoms with E-state index in [4.69, 9.17) is 5.11 Å². The summed E-state index contributed by atoms with van der Waals surface area (Å²) in [6, 6.07) is 4.00.